The first kappa shape index (κ1) is 10.3. The Labute approximate surface area is 90.2 Å². The van der Waals surface area contributed by atoms with Gasteiger partial charge in [0.15, 0.2) is 5.43 Å². The third-order valence-electron chi connectivity index (χ3n) is 2.28. The Hall–Kier alpha value is -1.23. The van der Waals surface area contributed by atoms with Gasteiger partial charge in [0, 0.05) is 20.5 Å². The number of rotatable bonds is 2. The van der Waals surface area contributed by atoms with E-state index < -0.39 is 0 Å². The van der Waals surface area contributed by atoms with E-state index in [4.69, 9.17) is 10.2 Å². The molecule has 0 saturated heterocycles. The van der Waals surface area contributed by atoms with E-state index in [1.165, 1.54) is 11.3 Å². The number of hydrogen-bond donors (Lipinski definition) is 2. The third-order valence-corrected chi connectivity index (χ3v) is 3.48. The first-order chi connectivity index (χ1) is 7.27. The van der Waals surface area contributed by atoms with E-state index in [0.29, 0.717) is 15.8 Å². The molecule has 0 unspecified atom stereocenters. The summed E-state index contributed by atoms with van der Waals surface area (Å²) in [5.41, 5.74) is 0.122. The highest BCUT2D eigenvalue weighted by atomic mass is 32.1. The van der Waals surface area contributed by atoms with Crippen molar-refractivity contribution >= 4 is 21.4 Å². The van der Waals surface area contributed by atoms with Crippen molar-refractivity contribution in [1.82, 2.24) is 0 Å². The van der Waals surface area contributed by atoms with E-state index >= 15 is 0 Å². The van der Waals surface area contributed by atoms with Crippen LogP contribution in [0.1, 0.15) is 10.4 Å². The fourth-order valence-electron chi connectivity index (χ4n) is 1.51. The lowest BCUT2D eigenvalue weighted by atomic mass is 10.2. The van der Waals surface area contributed by atoms with Crippen molar-refractivity contribution in [3.05, 3.63) is 44.9 Å². The molecule has 2 N–H and O–H groups in total. The number of aliphatic hydroxyl groups excluding tert-OH is 2. The summed E-state index contributed by atoms with van der Waals surface area (Å²) in [6, 6.07) is 7.20. The van der Waals surface area contributed by atoms with Crippen LogP contribution in [-0.2, 0) is 13.2 Å². The molecule has 0 aliphatic rings. The van der Waals surface area contributed by atoms with Crippen LogP contribution in [0.2, 0.25) is 0 Å². The highest BCUT2D eigenvalue weighted by molar-refractivity contribution is 7.18. The molecule has 1 aromatic heterocycles. The lowest BCUT2D eigenvalue weighted by Gasteiger charge is -2.04. The third kappa shape index (κ3) is 1.67. The summed E-state index contributed by atoms with van der Waals surface area (Å²) >= 11 is 1.34. The molecule has 3 nitrogen and oxygen atoms in total. The molecule has 0 aliphatic heterocycles. The molecule has 0 fully saturated rings. The molecule has 0 radical (unpaired) electrons. The predicted octanol–water partition coefficient (Wildman–Crippen LogP) is 1.25. The van der Waals surface area contributed by atoms with Crippen LogP contribution in [0, 0.1) is 0 Å². The van der Waals surface area contributed by atoms with Gasteiger partial charge >= 0.3 is 0 Å². The van der Waals surface area contributed by atoms with Gasteiger partial charge in [0.25, 0.3) is 0 Å². The van der Waals surface area contributed by atoms with Gasteiger partial charge in [-0.15, -0.1) is 11.3 Å². The van der Waals surface area contributed by atoms with Crippen LogP contribution in [0.15, 0.2) is 29.1 Å². The van der Waals surface area contributed by atoms with Gasteiger partial charge in [-0.25, -0.2) is 0 Å². The summed E-state index contributed by atoms with van der Waals surface area (Å²) in [7, 11) is 0. The lowest BCUT2D eigenvalue weighted by molar-refractivity contribution is 0.262. The van der Waals surface area contributed by atoms with Gasteiger partial charge in [-0.3, -0.25) is 4.79 Å². The molecule has 15 heavy (non-hydrogen) atoms. The van der Waals surface area contributed by atoms with Crippen molar-refractivity contribution in [3.8, 4) is 0 Å². The van der Waals surface area contributed by atoms with Gasteiger partial charge in [0.2, 0.25) is 0 Å². The standard InChI is InChI=1S/C11H10O3S/c12-5-8-10(6-13)15-9-4-2-1-3-7(9)11(8)14/h1-4,12-13H,5-6H2. The molecule has 0 spiro atoms. The van der Waals surface area contributed by atoms with Gasteiger partial charge in [0.1, 0.15) is 0 Å². The Morgan fingerprint density at radius 3 is 2.53 bits per heavy atom. The highest BCUT2D eigenvalue weighted by Gasteiger charge is 2.10. The van der Waals surface area contributed by atoms with E-state index in [1.54, 1.807) is 12.1 Å². The monoisotopic (exact) mass is 222 g/mol. The van der Waals surface area contributed by atoms with E-state index in [2.05, 4.69) is 0 Å². The number of hydrogen-bond acceptors (Lipinski definition) is 4. The summed E-state index contributed by atoms with van der Waals surface area (Å²) in [5, 5.41) is 18.8. The summed E-state index contributed by atoms with van der Waals surface area (Å²) < 4.78 is 0.837. The second-order valence-corrected chi connectivity index (χ2v) is 4.28. The maximum Gasteiger partial charge on any atom is 0.193 e. The zero-order valence-electron chi connectivity index (χ0n) is 7.93. The minimum Gasteiger partial charge on any atom is -0.391 e. The van der Waals surface area contributed by atoms with Crippen molar-refractivity contribution in [3.63, 3.8) is 0 Å². The molecular weight excluding hydrogens is 212 g/mol. The number of fused-ring (bicyclic) bond motifs is 1. The largest absolute Gasteiger partial charge is 0.391 e. The van der Waals surface area contributed by atoms with Crippen LogP contribution in [0.4, 0.5) is 0 Å². The molecular formula is C11H10O3S. The molecule has 4 heteroatoms. The molecule has 0 amide bonds. The predicted molar refractivity (Wildman–Crippen MR) is 59.9 cm³/mol. The average molecular weight is 222 g/mol. The Kier molecular flexibility index (Phi) is 2.81. The fourth-order valence-corrected chi connectivity index (χ4v) is 2.54. The zero-order chi connectivity index (χ0) is 10.8. The van der Waals surface area contributed by atoms with Gasteiger partial charge in [0.05, 0.1) is 13.2 Å². The molecule has 0 atom stereocenters. The number of benzene rings is 1. The van der Waals surface area contributed by atoms with Crippen molar-refractivity contribution in [2.24, 2.45) is 0 Å². The average Bonchev–Trinajstić information content (AvgIpc) is 2.29. The normalized spacial score (nSPS) is 10.8. The van der Waals surface area contributed by atoms with Gasteiger partial charge in [-0.1, -0.05) is 12.1 Å². The smallest absolute Gasteiger partial charge is 0.193 e. The van der Waals surface area contributed by atoms with Crippen LogP contribution in [0.5, 0.6) is 0 Å². The SMILES string of the molecule is O=c1c(CO)c(CO)sc2ccccc12. The summed E-state index contributed by atoms with van der Waals surface area (Å²) in [4.78, 5) is 12.4. The van der Waals surface area contributed by atoms with Crippen molar-refractivity contribution in [2.75, 3.05) is 0 Å². The highest BCUT2D eigenvalue weighted by Crippen LogP contribution is 2.21. The van der Waals surface area contributed by atoms with Crippen LogP contribution in [0.25, 0.3) is 10.1 Å². The van der Waals surface area contributed by atoms with Crippen molar-refractivity contribution in [2.45, 2.75) is 13.2 Å². The van der Waals surface area contributed by atoms with E-state index in [-0.39, 0.29) is 18.6 Å². The maximum absolute atomic E-state index is 11.9. The first-order valence-corrected chi connectivity index (χ1v) is 5.35. The first-order valence-electron chi connectivity index (χ1n) is 4.53. The Bertz CT molecular complexity index is 545. The zero-order valence-corrected chi connectivity index (χ0v) is 8.75. The number of aliphatic hydroxyl groups is 2. The van der Waals surface area contributed by atoms with Crippen LogP contribution in [0.3, 0.4) is 0 Å². The van der Waals surface area contributed by atoms with Gasteiger partial charge in [-0.2, -0.15) is 0 Å². The minimum absolute atomic E-state index is 0.184. The molecule has 0 bridgehead atoms. The second kappa shape index (κ2) is 4.10. The summed E-state index contributed by atoms with van der Waals surface area (Å²) in [6.07, 6.45) is 0. The molecule has 2 aromatic rings. The van der Waals surface area contributed by atoms with Crippen LogP contribution >= 0.6 is 11.3 Å². The molecule has 1 aromatic carbocycles. The molecule has 0 aliphatic carbocycles. The lowest BCUT2D eigenvalue weighted by Crippen LogP contribution is -2.11. The van der Waals surface area contributed by atoms with Crippen LogP contribution < -0.4 is 5.43 Å². The molecule has 2 rings (SSSR count). The quantitative estimate of drug-likeness (QED) is 0.804. The molecule has 1 heterocycles. The van der Waals surface area contributed by atoms with E-state index in [0.717, 1.165) is 4.70 Å². The van der Waals surface area contributed by atoms with Gasteiger partial charge < -0.3 is 10.2 Å². The van der Waals surface area contributed by atoms with Crippen molar-refractivity contribution in [1.29, 1.82) is 0 Å². The van der Waals surface area contributed by atoms with Crippen molar-refractivity contribution < 1.29 is 10.2 Å². The second-order valence-electron chi connectivity index (χ2n) is 3.15. The maximum atomic E-state index is 11.9. The minimum atomic E-state index is -0.323. The van der Waals surface area contributed by atoms with Gasteiger partial charge in [-0.05, 0) is 12.1 Å². The van der Waals surface area contributed by atoms with E-state index in [9.17, 15) is 4.79 Å². The van der Waals surface area contributed by atoms with Crippen LogP contribution in [-0.4, -0.2) is 10.2 Å². The fraction of sp³-hybridized carbons (Fsp3) is 0.182. The Morgan fingerprint density at radius 2 is 1.87 bits per heavy atom. The van der Waals surface area contributed by atoms with E-state index in [1.807, 2.05) is 12.1 Å². The Morgan fingerprint density at radius 1 is 1.13 bits per heavy atom. The summed E-state index contributed by atoms with van der Waals surface area (Å²) in [5.74, 6) is 0. The topological polar surface area (TPSA) is 57.5 Å². The molecule has 0 saturated carbocycles. The summed E-state index contributed by atoms with van der Waals surface area (Å²) in [6.45, 7) is -0.531. The molecule has 78 valence electrons. The Balaban J connectivity index is 2.88.